The summed E-state index contributed by atoms with van der Waals surface area (Å²) in [5, 5.41) is 3.21. The van der Waals surface area contributed by atoms with Crippen LogP contribution in [0.5, 0.6) is 0 Å². The van der Waals surface area contributed by atoms with E-state index in [0.29, 0.717) is 19.5 Å². The Morgan fingerprint density at radius 2 is 2.25 bits per heavy atom. The van der Waals surface area contributed by atoms with Crippen LogP contribution in [0.4, 0.5) is 0 Å². The highest BCUT2D eigenvalue weighted by Gasteiger charge is 2.41. The van der Waals surface area contributed by atoms with Crippen molar-refractivity contribution in [3.8, 4) is 0 Å². The minimum absolute atomic E-state index is 0.151. The molecular weight excluding hydrogens is 206 g/mol. The van der Waals surface area contributed by atoms with Crippen molar-refractivity contribution in [3.63, 3.8) is 0 Å². The normalized spacial score (nSPS) is 34.3. The molecule has 0 aromatic heterocycles. The fourth-order valence-electron chi connectivity index (χ4n) is 2.56. The molecule has 2 atom stereocenters. The Labute approximate surface area is 95.3 Å². The predicted octanol–water partition coefficient (Wildman–Crippen LogP) is -0.680. The molecular formula is C11H19N3O2. The molecule has 90 valence electrons. The lowest BCUT2D eigenvalue weighted by atomic mass is 9.88. The molecule has 0 saturated carbocycles. The largest absolute Gasteiger partial charge is 0.369 e. The van der Waals surface area contributed by atoms with Gasteiger partial charge in [-0.25, -0.2) is 0 Å². The van der Waals surface area contributed by atoms with Crippen molar-refractivity contribution in [3.05, 3.63) is 0 Å². The molecule has 0 aromatic rings. The summed E-state index contributed by atoms with van der Waals surface area (Å²) in [6.07, 6.45) is 1.59. The summed E-state index contributed by atoms with van der Waals surface area (Å²) in [6, 6.07) is 0. The Bertz CT molecular complexity index is 310. The summed E-state index contributed by atoms with van der Waals surface area (Å²) in [4.78, 5) is 25.1. The monoisotopic (exact) mass is 225 g/mol. The molecule has 2 fully saturated rings. The molecule has 2 aliphatic heterocycles. The van der Waals surface area contributed by atoms with Gasteiger partial charge in [0.2, 0.25) is 11.8 Å². The van der Waals surface area contributed by atoms with Crippen molar-refractivity contribution in [1.82, 2.24) is 10.2 Å². The molecule has 2 unspecified atom stereocenters. The summed E-state index contributed by atoms with van der Waals surface area (Å²) < 4.78 is 0. The average Bonchev–Trinajstić information content (AvgIpc) is 2.85. The molecule has 0 bridgehead atoms. The van der Waals surface area contributed by atoms with E-state index >= 15 is 0 Å². The van der Waals surface area contributed by atoms with Gasteiger partial charge in [0, 0.05) is 19.6 Å². The first-order chi connectivity index (χ1) is 7.53. The van der Waals surface area contributed by atoms with Gasteiger partial charge >= 0.3 is 0 Å². The topological polar surface area (TPSA) is 75.4 Å². The second-order valence-corrected chi connectivity index (χ2v) is 5.13. The zero-order valence-corrected chi connectivity index (χ0v) is 9.66. The lowest BCUT2D eigenvalue weighted by Crippen LogP contribution is -2.43. The van der Waals surface area contributed by atoms with Gasteiger partial charge in [-0.15, -0.1) is 0 Å². The van der Waals surface area contributed by atoms with Crippen LogP contribution in [0, 0.1) is 11.3 Å². The summed E-state index contributed by atoms with van der Waals surface area (Å²) in [5.74, 6) is -0.270. The lowest BCUT2D eigenvalue weighted by Gasteiger charge is -2.28. The van der Waals surface area contributed by atoms with E-state index in [1.807, 2.05) is 6.92 Å². The number of rotatable bonds is 2. The summed E-state index contributed by atoms with van der Waals surface area (Å²) >= 11 is 0. The van der Waals surface area contributed by atoms with E-state index in [1.165, 1.54) is 0 Å². The first-order valence-electron chi connectivity index (χ1n) is 5.82. The van der Waals surface area contributed by atoms with Crippen molar-refractivity contribution in [1.29, 1.82) is 0 Å². The number of carbonyl (C=O) groups excluding carboxylic acids is 2. The zero-order valence-electron chi connectivity index (χ0n) is 9.66. The fourth-order valence-corrected chi connectivity index (χ4v) is 2.56. The van der Waals surface area contributed by atoms with Crippen LogP contribution >= 0.6 is 0 Å². The first kappa shape index (κ1) is 11.4. The van der Waals surface area contributed by atoms with E-state index in [4.69, 9.17) is 5.73 Å². The zero-order chi connectivity index (χ0) is 11.8. The Morgan fingerprint density at radius 1 is 1.50 bits per heavy atom. The molecule has 0 aliphatic carbocycles. The Kier molecular flexibility index (Phi) is 2.88. The highest BCUT2D eigenvalue weighted by Crippen LogP contribution is 2.29. The van der Waals surface area contributed by atoms with Gasteiger partial charge in [-0.1, -0.05) is 0 Å². The maximum absolute atomic E-state index is 12.3. The van der Waals surface area contributed by atoms with E-state index in [-0.39, 0.29) is 23.1 Å². The van der Waals surface area contributed by atoms with Gasteiger partial charge in [-0.3, -0.25) is 9.59 Å². The quantitative estimate of drug-likeness (QED) is 0.654. The van der Waals surface area contributed by atoms with Crippen LogP contribution in [0.15, 0.2) is 0 Å². The van der Waals surface area contributed by atoms with Crippen molar-refractivity contribution in [2.45, 2.75) is 19.8 Å². The number of amides is 2. The van der Waals surface area contributed by atoms with Gasteiger partial charge in [0.1, 0.15) is 0 Å². The predicted molar refractivity (Wildman–Crippen MR) is 59.5 cm³/mol. The molecule has 0 radical (unpaired) electrons. The number of carbonyl (C=O) groups is 2. The molecule has 2 amide bonds. The second-order valence-electron chi connectivity index (χ2n) is 5.13. The highest BCUT2D eigenvalue weighted by atomic mass is 16.2. The molecule has 0 spiro atoms. The number of nitrogens with two attached hydrogens (primary N) is 1. The average molecular weight is 225 g/mol. The van der Waals surface area contributed by atoms with E-state index in [2.05, 4.69) is 5.32 Å². The molecule has 2 aliphatic rings. The first-order valence-corrected chi connectivity index (χ1v) is 5.82. The third-order valence-corrected chi connectivity index (χ3v) is 3.76. The van der Waals surface area contributed by atoms with Gasteiger partial charge in [-0.05, 0) is 26.3 Å². The van der Waals surface area contributed by atoms with Crippen LogP contribution in [-0.4, -0.2) is 42.9 Å². The van der Waals surface area contributed by atoms with Crippen LogP contribution in [0.1, 0.15) is 19.8 Å². The summed E-state index contributed by atoms with van der Waals surface area (Å²) in [5.41, 5.74) is 4.97. The Hall–Kier alpha value is -1.10. The van der Waals surface area contributed by atoms with Crippen LogP contribution in [0.25, 0.3) is 0 Å². The summed E-state index contributed by atoms with van der Waals surface area (Å²) in [7, 11) is 0. The van der Waals surface area contributed by atoms with E-state index < -0.39 is 0 Å². The molecule has 2 rings (SSSR count). The standard InChI is InChI=1S/C11H19N3O2/c1-11(3-4-13-7-11)10(16)14-5-2-8(6-14)9(12)15/h8,13H,2-7H2,1H3,(H2,12,15). The van der Waals surface area contributed by atoms with Crippen LogP contribution in [0.2, 0.25) is 0 Å². The third-order valence-electron chi connectivity index (χ3n) is 3.76. The maximum atomic E-state index is 12.3. The van der Waals surface area contributed by atoms with Crippen molar-refractivity contribution in [2.24, 2.45) is 17.1 Å². The number of primary amides is 1. The number of likely N-dealkylation sites (tertiary alicyclic amines) is 1. The molecule has 5 heteroatoms. The van der Waals surface area contributed by atoms with E-state index in [1.54, 1.807) is 4.90 Å². The smallest absolute Gasteiger partial charge is 0.229 e. The molecule has 2 heterocycles. The van der Waals surface area contributed by atoms with Crippen molar-refractivity contribution in [2.75, 3.05) is 26.2 Å². The molecule has 3 N–H and O–H groups in total. The number of nitrogens with zero attached hydrogens (tertiary/aromatic N) is 1. The van der Waals surface area contributed by atoms with Gasteiger partial charge in [0.15, 0.2) is 0 Å². The van der Waals surface area contributed by atoms with Crippen LogP contribution in [0.3, 0.4) is 0 Å². The number of hydrogen-bond donors (Lipinski definition) is 2. The Balaban J connectivity index is 1.99. The van der Waals surface area contributed by atoms with E-state index in [0.717, 1.165) is 19.5 Å². The van der Waals surface area contributed by atoms with Crippen LogP contribution < -0.4 is 11.1 Å². The van der Waals surface area contributed by atoms with Crippen molar-refractivity contribution < 1.29 is 9.59 Å². The van der Waals surface area contributed by atoms with Gasteiger partial charge in [0.25, 0.3) is 0 Å². The molecule has 5 nitrogen and oxygen atoms in total. The maximum Gasteiger partial charge on any atom is 0.229 e. The SMILES string of the molecule is CC1(C(=O)N2CCC(C(N)=O)C2)CCNC1. The highest BCUT2D eigenvalue weighted by molar-refractivity contribution is 5.85. The fraction of sp³-hybridized carbons (Fsp3) is 0.818. The molecule has 0 aromatic carbocycles. The minimum atomic E-state index is -0.287. The minimum Gasteiger partial charge on any atom is -0.369 e. The lowest BCUT2D eigenvalue weighted by molar-refractivity contribution is -0.139. The van der Waals surface area contributed by atoms with Crippen LogP contribution in [-0.2, 0) is 9.59 Å². The van der Waals surface area contributed by atoms with Gasteiger partial charge < -0.3 is 16.0 Å². The second kappa shape index (κ2) is 4.05. The van der Waals surface area contributed by atoms with Crippen molar-refractivity contribution >= 4 is 11.8 Å². The Morgan fingerprint density at radius 3 is 2.75 bits per heavy atom. The molecule has 16 heavy (non-hydrogen) atoms. The number of nitrogens with one attached hydrogen (secondary N) is 1. The van der Waals surface area contributed by atoms with Gasteiger partial charge in [-0.2, -0.15) is 0 Å². The van der Waals surface area contributed by atoms with Gasteiger partial charge in [0.05, 0.1) is 11.3 Å². The third kappa shape index (κ3) is 1.91. The van der Waals surface area contributed by atoms with E-state index in [9.17, 15) is 9.59 Å². The summed E-state index contributed by atoms with van der Waals surface area (Å²) in [6.45, 7) is 4.80. The number of hydrogen-bond acceptors (Lipinski definition) is 3. The molecule has 2 saturated heterocycles.